The number of rotatable bonds is 5. The zero-order chi connectivity index (χ0) is 24.2. The maximum Gasteiger partial charge on any atom is 0.270 e. The van der Waals surface area contributed by atoms with E-state index < -0.39 is 0 Å². The molecule has 2 amide bonds. The van der Waals surface area contributed by atoms with Crippen LogP contribution >= 0.6 is 15.9 Å². The minimum Gasteiger partial charge on any atom is -0.335 e. The minimum atomic E-state index is -0.0951. The van der Waals surface area contributed by atoms with Crippen LogP contribution in [0.4, 0.5) is 5.69 Å². The number of hydrogen-bond acceptors (Lipinski definition) is 4. The van der Waals surface area contributed by atoms with Crippen molar-refractivity contribution in [3.05, 3.63) is 101 Å². The molecule has 0 unspecified atom stereocenters. The van der Waals surface area contributed by atoms with Crippen molar-refractivity contribution in [3.63, 3.8) is 0 Å². The van der Waals surface area contributed by atoms with Crippen LogP contribution in [0.15, 0.2) is 94.5 Å². The van der Waals surface area contributed by atoms with Crippen LogP contribution in [0.2, 0.25) is 0 Å². The first-order valence-electron chi connectivity index (χ1n) is 11.9. The van der Waals surface area contributed by atoms with Crippen molar-refractivity contribution in [2.24, 2.45) is 5.10 Å². The lowest BCUT2D eigenvalue weighted by atomic mass is 9.96. The zero-order valence-corrected chi connectivity index (χ0v) is 21.0. The average molecular weight is 531 g/mol. The molecule has 0 aromatic heterocycles. The van der Waals surface area contributed by atoms with Crippen LogP contribution in [0.1, 0.15) is 30.0 Å². The molecule has 2 aliphatic heterocycles. The van der Waals surface area contributed by atoms with E-state index >= 15 is 0 Å². The fraction of sp³-hybridized carbons (Fsp3) is 0.250. The van der Waals surface area contributed by atoms with Gasteiger partial charge >= 0.3 is 0 Å². The summed E-state index contributed by atoms with van der Waals surface area (Å²) in [7, 11) is 0. The van der Waals surface area contributed by atoms with Crippen LogP contribution in [-0.4, -0.2) is 53.5 Å². The maximum atomic E-state index is 13.3. The summed E-state index contributed by atoms with van der Waals surface area (Å²) in [5.41, 5.74) is 3.61. The summed E-state index contributed by atoms with van der Waals surface area (Å²) in [4.78, 5) is 30.1. The van der Waals surface area contributed by atoms with Gasteiger partial charge in [0.15, 0.2) is 0 Å². The van der Waals surface area contributed by atoms with E-state index in [1.165, 1.54) is 16.1 Å². The molecular weight excluding hydrogens is 504 g/mol. The summed E-state index contributed by atoms with van der Waals surface area (Å²) < 4.78 is 0.924. The molecule has 3 aromatic carbocycles. The van der Waals surface area contributed by atoms with E-state index in [0.29, 0.717) is 30.9 Å². The van der Waals surface area contributed by atoms with Gasteiger partial charge in [0.1, 0.15) is 5.71 Å². The summed E-state index contributed by atoms with van der Waals surface area (Å²) in [5, 5.41) is 5.83. The van der Waals surface area contributed by atoms with Gasteiger partial charge in [-0.2, -0.15) is 5.10 Å². The Bertz CT molecular complexity index is 1170. The molecule has 0 N–H and O–H groups in total. The number of nitrogens with zero attached hydrogens (tertiary/aromatic N) is 4. The third-order valence-corrected chi connectivity index (χ3v) is 7.08. The molecule has 7 heteroatoms. The van der Waals surface area contributed by atoms with Gasteiger partial charge in [-0.15, -0.1) is 0 Å². The van der Waals surface area contributed by atoms with Gasteiger partial charge in [0.25, 0.3) is 5.91 Å². The lowest BCUT2D eigenvalue weighted by molar-refractivity contribution is -0.126. The number of carbonyl (C=O) groups excluding carboxylic acids is 2. The lowest BCUT2D eigenvalue weighted by Crippen LogP contribution is -2.52. The number of benzene rings is 3. The summed E-state index contributed by atoms with van der Waals surface area (Å²) in [5.74, 6) is -0.169. The van der Waals surface area contributed by atoms with E-state index in [-0.39, 0.29) is 24.3 Å². The van der Waals surface area contributed by atoms with Crippen molar-refractivity contribution < 1.29 is 9.59 Å². The van der Waals surface area contributed by atoms with E-state index in [2.05, 4.69) is 74.5 Å². The van der Waals surface area contributed by atoms with Crippen LogP contribution in [0.3, 0.4) is 0 Å². The van der Waals surface area contributed by atoms with Gasteiger partial charge in [-0.1, -0.05) is 76.6 Å². The second-order valence-electron chi connectivity index (χ2n) is 8.78. The van der Waals surface area contributed by atoms with Crippen molar-refractivity contribution in [1.82, 2.24) is 9.80 Å². The van der Waals surface area contributed by atoms with Crippen molar-refractivity contribution in [3.8, 4) is 0 Å². The van der Waals surface area contributed by atoms with Gasteiger partial charge in [-0.3, -0.25) is 14.5 Å². The minimum absolute atomic E-state index is 0.0739. The third-order valence-electron chi connectivity index (χ3n) is 6.55. The molecule has 6 nitrogen and oxygen atoms in total. The van der Waals surface area contributed by atoms with Crippen LogP contribution in [0.5, 0.6) is 0 Å². The monoisotopic (exact) mass is 530 g/mol. The molecule has 0 saturated carbocycles. The van der Waals surface area contributed by atoms with Gasteiger partial charge < -0.3 is 4.90 Å². The third kappa shape index (κ3) is 5.21. The number of anilines is 1. The van der Waals surface area contributed by atoms with Gasteiger partial charge in [0.2, 0.25) is 5.91 Å². The highest BCUT2D eigenvalue weighted by atomic mass is 79.9. The first kappa shape index (κ1) is 23.5. The molecule has 178 valence electrons. The second-order valence-corrected chi connectivity index (χ2v) is 9.70. The largest absolute Gasteiger partial charge is 0.335 e. The maximum absolute atomic E-state index is 13.3. The number of piperazine rings is 1. The van der Waals surface area contributed by atoms with Crippen molar-refractivity contribution in [1.29, 1.82) is 0 Å². The molecule has 35 heavy (non-hydrogen) atoms. The van der Waals surface area contributed by atoms with Gasteiger partial charge in [0, 0.05) is 43.5 Å². The normalized spacial score (nSPS) is 17.0. The molecule has 2 aliphatic rings. The topological polar surface area (TPSA) is 56.2 Å². The molecule has 3 aromatic rings. The van der Waals surface area contributed by atoms with E-state index in [9.17, 15) is 9.59 Å². The Hall–Kier alpha value is -3.29. The SMILES string of the molecule is O=C(C1=NN(c2ccc(Br)cc2)C(=O)CC1)N1CCN(C(c2ccccc2)c2ccccc2)CC1. The second kappa shape index (κ2) is 10.5. The molecular formula is C28H27BrN4O2. The van der Waals surface area contributed by atoms with E-state index in [4.69, 9.17) is 0 Å². The first-order chi connectivity index (χ1) is 17.1. The van der Waals surface area contributed by atoms with Crippen molar-refractivity contribution >= 4 is 39.1 Å². The highest BCUT2D eigenvalue weighted by molar-refractivity contribution is 9.10. The van der Waals surface area contributed by atoms with Crippen LogP contribution in [-0.2, 0) is 9.59 Å². The average Bonchev–Trinajstić information content (AvgIpc) is 2.91. The number of amides is 2. The fourth-order valence-corrected chi connectivity index (χ4v) is 5.01. The Kier molecular flexibility index (Phi) is 7.06. The first-order valence-corrected chi connectivity index (χ1v) is 12.7. The number of carbonyl (C=O) groups is 2. The molecule has 0 aliphatic carbocycles. The Balaban J connectivity index is 1.30. The summed E-state index contributed by atoms with van der Waals surface area (Å²) in [6, 6.07) is 28.6. The molecule has 2 heterocycles. The summed E-state index contributed by atoms with van der Waals surface area (Å²) in [6.07, 6.45) is 0.659. The Morgan fingerprint density at radius 1 is 0.771 bits per heavy atom. The van der Waals surface area contributed by atoms with E-state index in [1.807, 2.05) is 41.3 Å². The molecule has 1 fully saturated rings. The predicted molar refractivity (Wildman–Crippen MR) is 141 cm³/mol. The molecule has 1 saturated heterocycles. The van der Waals surface area contributed by atoms with Crippen molar-refractivity contribution in [2.45, 2.75) is 18.9 Å². The molecule has 5 rings (SSSR count). The molecule has 0 spiro atoms. The Morgan fingerprint density at radius 3 is 1.91 bits per heavy atom. The summed E-state index contributed by atoms with van der Waals surface area (Å²) >= 11 is 3.41. The zero-order valence-electron chi connectivity index (χ0n) is 19.4. The number of halogens is 1. The van der Waals surface area contributed by atoms with Crippen LogP contribution < -0.4 is 5.01 Å². The van der Waals surface area contributed by atoms with Crippen molar-refractivity contribution in [2.75, 3.05) is 31.2 Å². The molecule has 0 radical (unpaired) electrons. The number of hydrazone groups is 1. The summed E-state index contributed by atoms with van der Waals surface area (Å²) in [6.45, 7) is 2.78. The predicted octanol–water partition coefficient (Wildman–Crippen LogP) is 4.87. The standard InChI is InChI=1S/C28H27BrN4O2/c29-23-11-13-24(14-12-23)33-26(34)16-15-25(30-33)28(35)32-19-17-31(18-20-32)27(21-7-3-1-4-8-21)22-9-5-2-6-10-22/h1-14,27H,15-20H2. The Labute approximate surface area is 214 Å². The highest BCUT2D eigenvalue weighted by Gasteiger charge is 2.32. The van der Waals surface area contributed by atoms with Gasteiger partial charge in [0.05, 0.1) is 11.7 Å². The van der Waals surface area contributed by atoms with Gasteiger partial charge in [-0.25, -0.2) is 5.01 Å². The smallest absolute Gasteiger partial charge is 0.270 e. The number of hydrogen-bond donors (Lipinski definition) is 0. The van der Waals surface area contributed by atoms with E-state index in [1.54, 1.807) is 0 Å². The highest BCUT2D eigenvalue weighted by Crippen LogP contribution is 2.30. The van der Waals surface area contributed by atoms with Gasteiger partial charge in [-0.05, 0) is 35.4 Å². The fourth-order valence-electron chi connectivity index (χ4n) is 4.74. The van der Waals surface area contributed by atoms with Crippen LogP contribution in [0, 0.1) is 0 Å². The van der Waals surface area contributed by atoms with Crippen LogP contribution in [0.25, 0.3) is 0 Å². The molecule has 0 atom stereocenters. The Morgan fingerprint density at radius 2 is 1.34 bits per heavy atom. The lowest BCUT2D eigenvalue weighted by Gasteiger charge is -2.40. The quantitative estimate of drug-likeness (QED) is 0.473. The molecule has 0 bridgehead atoms. The van der Waals surface area contributed by atoms with E-state index in [0.717, 1.165) is 17.6 Å².